The summed E-state index contributed by atoms with van der Waals surface area (Å²) < 4.78 is 1.66. The number of carbonyl (C=O) groups is 2. The highest BCUT2D eigenvalue weighted by molar-refractivity contribution is 6.00. The fraction of sp³-hybridized carbons (Fsp3) is 0.200. The van der Waals surface area contributed by atoms with Crippen molar-refractivity contribution in [3.63, 3.8) is 0 Å². The number of hydrogen-bond acceptors (Lipinski definition) is 4. The monoisotopic (exact) mass is 348 g/mol. The zero-order valence-electron chi connectivity index (χ0n) is 14.8. The molecule has 0 aliphatic carbocycles. The maximum Gasteiger partial charge on any atom is 0.269 e. The Hall–Kier alpha value is -3.28. The summed E-state index contributed by atoms with van der Waals surface area (Å²) >= 11 is 0. The maximum absolute atomic E-state index is 12.7. The third-order valence-corrected chi connectivity index (χ3v) is 4.01. The Bertz CT molecular complexity index is 932. The van der Waals surface area contributed by atoms with Gasteiger partial charge < -0.3 is 5.32 Å². The molecule has 0 fully saturated rings. The van der Waals surface area contributed by atoms with Gasteiger partial charge in [0.1, 0.15) is 5.69 Å². The number of carbonyl (C=O) groups excluding carboxylic acids is 2. The van der Waals surface area contributed by atoms with Crippen LogP contribution in [0.25, 0.3) is 0 Å². The summed E-state index contributed by atoms with van der Waals surface area (Å²) in [6.45, 7) is 0. The van der Waals surface area contributed by atoms with Gasteiger partial charge in [0.25, 0.3) is 5.91 Å². The Morgan fingerprint density at radius 2 is 1.88 bits per heavy atom. The quantitative estimate of drug-likeness (QED) is 0.693. The summed E-state index contributed by atoms with van der Waals surface area (Å²) in [5.74, 6) is -0.379. The van der Waals surface area contributed by atoms with E-state index in [0.29, 0.717) is 17.7 Å². The summed E-state index contributed by atoms with van der Waals surface area (Å²) in [4.78, 5) is 29.2. The zero-order chi connectivity index (χ0) is 18.5. The van der Waals surface area contributed by atoms with E-state index in [1.54, 1.807) is 30.1 Å². The first-order valence-electron chi connectivity index (χ1n) is 8.33. The average molecular weight is 348 g/mol. The highest BCUT2D eigenvalue weighted by Gasteiger charge is 2.15. The number of nitrogens with one attached hydrogen (secondary N) is 1. The number of rotatable bonds is 6. The second-order valence-corrected chi connectivity index (χ2v) is 6.10. The minimum Gasteiger partial charge on any atom is -0.354 e. The molecule has 6 nitrogen and oxygen atoms in total. The van der Waals surface area contributed by atoms with E-state index in [1.807, 2.05) is 43.6 Å². The Morgan fingerprint density at radius 1 is 1.12 bits per heavy atom. The normalized spacial score (nSPS) is 10.5. The van der Waals surface area contributed by atoms with E-state index >= 15 is 0 Å². The van der Waals surface area contributed by atoms with E-state index in [9.17, 15) is 9.59 Å². The van der Waals surface area contributed by atoms with Crippen LogP contribution in [0.1, 0.15) is 37.7 Å². The number of nitrogens with zero attached hydrogens (tertiary/aromatic N) is 3. The molecular weight excluding hydrogens is 328 g/mol. The van der Waals surface area contributed by atoms with Crippen LogP contribution in [-0.4, -0.2) is 33.5 Å². The van der Waals surface area contributed by atoms with Gasteiger partial charge >= 0.3 is 0 Å². The van der Waals surface area contributed by atoms with Gasteiger partial charge in [0.05, 0.1) is 6.20 Å². The first-order chi connectivity index (χ1) is 12.5. The lowest BCUT2D eigenvalue weighted by Gasteiger charge is -2.08. The average Bonchev–Trinajstić information content (AvgIpc) is 3.06. The molecule has 3 rings (SSSR count). The molecule has 0 spiro atoms. The van der Waals surface area contributed by atoms with Crippen LogP contribution in [0.15, 0.2) is 54.9 Å². The molecule has 132 valence electrons. The third-order valence-electron chi connectivity index (χ3n) is 4.01. The van der Waals surface area contributed by atoms with Crippen molar-refractivity contribution in [1.29, 1.82) is 0 Å². The number of amides is 1. The number of Topliss-reactive ketones (excluding diaryl/α,β-unsaturated/α-hetero) is 1. The van der Waals surface area contributed by atoms with Crippen molar-refractivity contribution >= 4 is 11.7 Å². The molecule has 3 aromatic rings. The summed E-state index contributed by atoms with van der Waals surface area (Å²) in [5, 5.41) is 6.65. The molecule has 0 aliphatic rings. The lowest BCUT2D eigenvalue weighted by molar-refractivity contribution is 0.0958. The van der Waals surface area contributed by atoms with Crippen molar-refractivity contribution in [2.24, 2.45) is 7.05 Å². The molecule has 0 aliphatic heterocycles. The summed E-state index contributed by atoms with van der Waals surface area (Å²) in [6, 6.07) is 13.1. The molecule has 1 aromatic carbocycles. The maximum atomic E-state index is 12.7. The molecular formula is C20H20N4O2. The number of benzene rings is 1. The molecule has 1 N–H and O–H groups in total. The van der Waals surface area contributed by atoms with Gasteiger partial charge in [-0.15, -0.1) is 0 Å². The second-order valence-electron chi connectivity index (χ2n) is 6.10. The second kappa shape index (κ2) is 7.74. The van der Waals surface area contributed by atoms with Gasteiger partial charge in [0.2, 0.25) is 0 Å². The van der Waals surface area contributed by atoms with Gasteiger partial charge in [-0.2, -0.15) is 5.10 Å². The topological polar surface area (TPSA) is 76.9 Å². The molecule has 0 unspecified atom stereocenters. The lowest BCUT2D eigenvalue weighted by Crippen LogP contribution is -2.21. The highest BCUT2D eigenvalue weighted by atomic mass is 16.1. The molecule has 2 heterocycles. The molecule has 0 saturated carbocycles. The van der Waals surface area contributed by atoms with Gasteiger partial charge in [-0.1, -0.05) is 30.3 Å². The van der Waals surface area contributed by atoms with Gasteiger partial charge in [-0.05, 0) is 23.3 Å². The molecule has 6 heteroatoms. The molecule has 0 atom stereocenters. The molecule has 26 heavy (non-hydrogen) atoms. The van der Waals surface area contributed by atoms with Crippen molar-refractivity contribution in [3.05, 3.63) is 82.9 Å². The number of hydrogen-bond donors (Lipinski definition) is 1. The molecule has 2 aromatic heterocycles. The molecule has 0 bridgehead atoms. The summed E-state index contributed by atoms with van der Waals surface area (Å²) in [7, 11) is 3.35. The van der Waals surface area contributed by atoms with Gasteiger partial charge in [-0.3, -0.25) is 14.3 Å². The van der Waals surface area contributed by atoms with Crippen LogP contribution in [-0.2, 0) is 19.9 Å². The van der Waals surface area contributed by atoms with E-state index in [-0.39, 0.29) is 23.8 Å². The number of aromatic nitrogens is 3. The van der Waals surface area contributed by atoms with Crippen LogP contribution in [0.2, 0.25) is 0 Å². The number of aryl methyl sites for hydroxylation is 1. The Morgan fingerprint density at radius 3 is 2.54 bits per heavy atom. The highest BCUT2D eigenvalue weighted by Crippen LogP contribution is 2.14. The van der Waals surface area contributed by atoms with Crippen LogP contribution in [0.3, 0.4) is 0 Å². The van der Waals surface area contributed by atoms with Gasteiger partial charge in [-0.25, -0.2) is 4.98 Å². The standard InChI is InChI=1S/C20H20N4O2/c1-21-20(26)18-11-16(19(25)9-15-12-22-24(2)13-15)10-17(23-18)8-14-6-4-3-5-7-14/h3-7,10-13H,8-9H2,1-2H3,(H,21,26). The minimum atomic E-state index is -0.310. The van der Waals surface area contributed by atoms with Crippen molar-refractivity contribution in [2.75, 3.05) is 7.05 Å². The summed E-state index contributed by atoms with van der Waals surface area (Å²) in [6.07, 6.45) is 4.27. The van der Waals surface area contributed by atoms with Crippen molar-refractivity contribution in [2.45, 2.75) is 12.8 Å². The van der Waals surface area contributed by atoms with Crippen LogP contribution in [0.4, 0.5) is 0 Å². The number of pyridine rings is 1. The first-order valence-corrected chi connectivity index (χ1v) is 8.33. The van der Waals surface area contributed by atoms with Crippen LogP contribution >= 0.6 is 0 Å². The largest absolute Gasteiger partial charge is 0.354 e. The van der Waals surface area contributed by atoms with Crippen molar-refractivity contribution < 1.29 is 9.59 Å². The minimum absolute atomic E-state index is 0.0696. The fourth-order valence-corrected chi connectivity index (χ4v) is 2.74. The Kier molecular flexibility index (Phi) is 5.22. The smallest absolute Gasteiger partial charge is 0.269 e. The Labute approximate surface area is 151 Å². The van der Waals surface area contributed by atoms with E-state index < -0.39 is 0 Å². The molecule has 1 amide bonds. The SMILES string of the molecule is CNC(=O)c1cc(C(=O)Cc2cnn(C)c2)cc(Cc2ccccc2)n1. The van der Waals surface area contributed by atoms with Gasteiger partial charge in [0.15, 0.2) is 5.78 Å². The van der Waals surface area contributed by atoms with Crippen molar-refractivity contribution in [1.82, 2.24) is 20.1 Å². The first kappa shape index (κ1) is 17.5. The summed E-state index contributed by atoms with van der Waals surface area (Å²) in [5.41, 5.74) is 3.32. The van der Waals surface area contributed by atoms with E-state index in [0.717, 1.165) is 11.1 Å². The van der Waals surface area contributed by atoms with E-state index in [1.165, 1.54) is 0 Å². The van der Waals surface area contributed by atoms with E-state index in [2.05, 4.69) is 15.4 Å². The third kappa shape index (κ3) is 4.22. The van der Waals surface area contributed by atoms with E-state index in [4.69, 9.17) is 0 Å². The Balaban J connectivity index is 1.91. The molecule has 0 radical (unpaired) electrons. The van der Waals surface area contributed by atoms with Crippen molar-refractivity contribution in [3.8, 4) is 0 Å². The van der Waals surface area contributed by atoms with Gasteiger partial charge in [0, 0.05) is 44.4 Å². The van der Waals surface area contributed by atoms with Crippen LogP contribution < -0.4 is 5.32 Å². The predicted octanol–water partition coefficient (Wildman–Crippen LogP) is 2.19. The molecule has 0 saturated heterocycles. The predicted molar refractivity (Wildman–Crippen MR) is 98.1 cm³/mol. The van der Waals surface area contributed by atoms with Crippen LogP contribution in [0.5, 0.6) is 0 Å². The van der Waals surface area contributed by atoms with Crippen LogP contribution in [0, 0.1) is 0 Å². The number of ketones is 1. The zero-order valence-corrected chi connectivity index (χ0v) is 14.8. The lowest BCUT2D eigenvalue weighted by atomic mass is 10.0. The fourth-order valence-electron chi connectivity index (χ4n) is 2.74.